The summed E-state index contributed by atoms with van der Waals surface area (Å²) in [5, 5.41) is 0. The minimum atomic E-state index is -3.38. The van der Waals surface area contributed by atoms with Crippen molar-refractivity contribution in [2.24, 2.45) is 0 Å². The summed E-state index contributed by atoms with van der Waals surface area (Å²) in [6.45, 7) is 0. The largest absolute Gasteiger partial charge is 0.399 e. The minimum absolute atomic E-state index is 0.0625. The molecule has 0 spiro atoms. The zero-order valence-electron chi connectivity index (χ0n) is 8.72. The predicted molar refractivity (Wildman–Crippen MR) is 66.9 cm³/mol. The number of nitrogen functional groups attached to an aromatic ring is 1. The normalized spacial score (nSPS) is 21.1. The second-order valence-corrected chi connectivity index (χ2v) is 6.61. The highest BCUT2D eigenvalue weighted by Crippen LogP contribution is 2.20. The van der Waals surface area contributed by atoms with Gasteiger partial charge in [-0.1, -0.05) is 0 Å². The summed E-state index contributed by atoms with van der Waals surface area (Å²) in [7, 11) is -3.38. The van der Waals surface area contributed by atoms with Gasteiger partial charge in [0.2, 0.25) is 10.0 Å². The summed E-state index contributed by atoms with van der Waals surface area (Å²) >= 11 is 1.77. The van der Waals surface area contributed by atoms with Crippen LogP contribution < -0.4 is 10.5 Å². The van der Waals surface area contributed by atoms with E-state index in [4.69, 9.17) is 5.73 Å². The fraction of sp³-hybridized carbons (Fsp3) is 0.400. The summed E-state index contributed by atoms with van der Waals surface area (Å²) in [6.07, 6.45) is 0.902. The molecule has 0 aliphatic carbocycles. The van der Waals surface area contributed by atoms with Gasteiger partial charge in [0.15, 0.2) is 0 Å². The van der Waals surface area contributed by atoms with Gasteiger partial charge in [0.25, 0.3) is 0 Å². The Balaban J connectivity index is 2.14. The zero-order valence-corrected chi connectivity index (χ0v) is 10.4. The molecule has 2 rings (SSSR count). The maximum absolute atomic E-state index is 11.9. The number of nitrogens with two attached hydrogens (primary N) is 1. The van der Waals surface area contributed by atoms with Gasteiger partial charge in [-0.2, -0.15) is 11.8 Å². The standard InChI is InChI=1S/C10H14N2O2S2/c11-8-1-3-10(4-2-8)16(13,14)12-9-5-6-15-7-9/h1-4,9,12H,5-7,11H2. The lowest BCUT2D eigenvalue weighted by atomic mass is 10.3. The molecule has 4 nitrogen and oxygen atoms in total. The summed E-state index contributed by atoms with van der Waals surface area (Å²) in [5.74, 6) is 1.88. The second kappa shape index (κ2) is 4.65. The van der Waals surface area contributed by atoms with Gasteiger partial charge in [-0.3, -0.25) is 0 Å². The first kappa shape index (κ1) is 11.8. The summed E-state index contributed by atoms with van der Waals surface area (Å²) in [5.41, 5.74) is 6.08. The molecule has 0 amide bonds. The van der Waals surface area contributed by atoms with Gasteiger partial charge in [-0.15, -0.1) is 0 Å². The number of rotatable bonds is 3. The van der Waals surface area contributed by atoms with Crippen molar-refractivity contribution in [2.45, 2.75) is 17.4 Å². The molecule has 0 saturated carbocycles. The van der Waals surface area contributed by atoms with Crippen LogP contribution in [-0.4, -0.2) is 26.0 Å². The number of benzene rings is 1. The molecule has 88 valence electrons. The molecule has 1 saturated heterocycles. The molecular weight excluding hydrogens is 244 g/mol. The van der Waals surface area contributed by atoms with Crippen LogP contribution in [0.25, 0.3) is 0 Å². The van der Waals surface area contributed by atoms with E-state index in [1.807, 2.05) is 0 Å². The number of sulfonamides is 1. The third-order valence-electron chi connectivity index (χ3n) is 2.44. The van der Waals surface area contributed by atoms with Gasteiger partial charge >= 0.3 is 0 Å². The van der Waals surface area contributed by atoms with Gasteiger partial charge in [-0.05, 0) is 36.4 Å². The molecule has 1 aliphatic rings. The molecule has 1 unspecified atom stereocenters. The van der Waals surface area contributed by atoms with Crippen LogP contribution in [0.15, 0.2) is 29.2 Å². The lowest BCUT2D eigenvalue weighted by molar-refractivity contribution is 0.563. The third-order valence-corrected chi connectivity index (χ3v) is 5.14. The molecule has 0 radical (unpaired) electrons. The smallest absolute Gasteiger partial charge is 0.240 e. The minimum Gasteiger partial charge on any atom is -0.399 e. The Hall–Kier alpha value is -0.720. The number of anilines is 1. The van der Waals surface area contributed by atoms with E-state index in [1.54, 1.807) is 23.9 Å². The Morgan fingerprint density at radius 2 is 2.00 bits per heavy atom. The summed E-state index contributed by atoms with van der Waals surface area (Å²) in [4.78, 5) is 0.276. The van der Waals surface area contributed by atoms with Crippen LogP contribution in [-0.2, 0) is 10.0 Å². The van der Waals surface area contributed by atoms with E-state index in [0.29, 0.717) is 5.69 Å². The van der Waals surface area contributed by atoms with Gasteiger partial charge in [-0.25, -0.2) is 13.1 Å². The Labute approximate surface area is 99.7 Å². The summed E-state index contributed by atoms with van der Waals surface area (Å²) < 4.78 is 26.6. The molecule has 1 aliphatic heterocycles. The molecule has 1 aromatic carbocycles. The molecular formula is C10H14N2O2S2. The van der Waals surface area contributed by atoms with Crippen LogP contribution in [0.5, 0.6) is 0 Å². The molecule has 16 heavy (non-hydrogen) atoms. The molecule has 1 aromatic rings. The predicted octanol–water partition coefficient (Wildman–Crippen LogP) is 1.05. The Morgan fingerprint density at radius 1 is 1.31 bits per heavy atom. The fourth-order valence-electron chi connectivity index (χ4n) is 1.56. The van der Waals surface area contributed by atoms with E-state index in [-0.39, 0.29) is 10.9 Å². The van der Waals surface area contributed by atoms with Crippen LogP contribution in [0, 0.1) is 0 Å². The topological polar surface area (TPSA) is 72.2 Å². The van der Waals surface area contributed by atoms with E-state index in [9.17, 15) is 8.42 Å². The third kappa shape index (κ3) is 2.69. The van der Waals surface area contributed by atoms with E-state index < -0.39 is 10.0 Å². The highest BCUT2D eigenvalue weighted by Gasteiger charge is 2.22. The first-order valence-electron chi connectivity index (χ1n) is 5.03. The van der Waals surface area contributed by atoms with Gasteiger partial charge in [0.1, 0.15) is 0 Å². The second-order valence-electron chi connectivity index (χ2n) is 3.75. The zero-order chi connectivity index (χ0) is 11.6. The Morgan fingerprint density at radius 3 is 2.56 bits per heavy atom. The van der Waals surface area contributed by atoms with Crippen molar-refractivity contribution < 1.29 is 8.42 Å². The SMILES string of the molecule is Nc1ccc(S(=O)(=O)NC2CCSC2)cc1. The molecule has 6 heteroatoms. The number of hydrogen-bond acceptors (Lipinski definition) is 4. The molecule has 1 atom stereocenters. The summed E-state index contributed by atoms with van der Waals surface area (Å²) in [6, 6.07) is 6.31. The van der Waals surface area contributed by atoms with E-state index >= 15 is 0 Å². The van der Waals surface area contributed by atoms with Crippen molar-refractivity contribution in [1.29, 1.82) is 0 Å². The average Bonchev–Trinajstić information content (AvgIpc) is 2.70. The van der Waals surface area contributed by atoms with Crippen molar-refractivity contribution in [1.82, 2.24) is 4.72 Å². The molecule has 0 aromatic heterocycles. The van der Waals surface area contributed by atoms with Gasteiger partial charge < -0.3 is 5.73 Å². The van der Waals surface area contributed by atoms with Crippen LogP contribution in [0.4, 0.5) is 5.69 Å². The lowest BCUT2D eigenvalue weighted by Crippen LogP contribution is -2.34. The highest BCUT2D eigenvalue weighted by molar-refractivity contribution is 7.99. The molecule has 1 heterocycles. The monoisotopic (exact) mass is 258 g/mol. The Kier molecular flexibility index (Phi) is 3.41. The quantitative estimate of drug-likeness (QED) is 0.795. The fourth-order valence-corrected chi connectivity index (χ4v) is 4.09. The van der Waals surface area contributed by atoms with Crippen molar-refractivity contribution in [3.8, 4) is 0 Å². The first-order valence-corrected chi connectivity index (χ1v) is 7.67. The average molecular weight is 258 g/mol. The molecule has 1 fully saturated rings. The van der Waals surface area contributed by atoms with Crippen LogP contribution in [0.1, 0.15) is 6.42 Å². The number of thioether (sulfide) groups is 1. The van der Waals surface area contributed by atoms with E-state index in [2.05, 4.69) is 4.72 Å². The van der Waals surface area contributed by atoms with Gasteiger partial charge in [0.05, 0.1) is 4.90 Å². The Bertz CT molecular complexity index is 450. The van der Waals surface area contributed by atoms with Crippen LogP contribution in [0.2, 0.25) is 0 Å². The maximum atomic E-state index is 11.9. The van der Waals surface area contributed by atoms with Crippen molar-refractivity contribution in [3.05, 3.63) is 24.3 Å². The van der Waals surface area contributed by atoms with Crippen LogP contribution >= 0.6 is 11.8 Å². The van der Waals surface area contributed by atoms with E-state index in [1.165, 1.54) is 12.1 Å². The van der Waals surface area contributed by atoms with Crippen molar-refractivity contribution in [2.75, 3.05) is 17.2 Å². The number of hydrogen-bond donors (Lipinski definition) is 2. The lowest BCUT2D eigenvalue weighted by Gasteiger charge is -2.11. The van der Waals surface area contributed by atoms with Crippen molar-refractivity contribution >= 4 is 27.5 Å². The van der Waals surface area contributed by atoms with Crippen molar-refractivity contribution in [3.63, 3.8) is 0 Å². The molecule has 0 bridgehead atoms. The number of nitrogens with one attached hydrogen (secondary N) is 1. The van der Waals surface area contributed by atoms with Gasteiger partial charge in [0, 0.05) is 17.5 Å². The van der Waals surface area contributed by atoms with E-state index in [0.717, 1.165) is 17.9 Å². The maximum Gasteiger partial charge on any atom is 0.240 e. The van der Waals surface area contributed by atoms with Crippen LogP contribution in [0.3, 0.4) is 0 Å². The first-order chi connectivity index (χ1) is 7.58. The molecule has 3 N–H and O–H groups in total. The highest BCUT2D eigenvalue weighted by atomic mass is 32.2.